The summed E-state index contributed by atoms with van der Waals surface area (Å²) in [6.07, 6.45) is 3.54. The molecule has 0 bridgehead atoms. The van der Waals surface area contributed by atoms with Crippen LogP contribution in [0.1, 0.15) is 31.2 Å². The highest BCUT2D eigenvalue weighted by Crippen LogP contribution is 2.40. The van der Waals surface area contributed by atoms with Gasteiger partial charge in [0.25, 0.3) is 0 Å². The summed E-state index contributed by atoms with van der Waals surface area (Å²) < 4.78 is 0. The Hall–Kier alpha value is -2.44. The number of nitrogens with one attached hydrogen (secondary N) is 4. The molecule has 0 unspecified atom stereocenters. The molecule has 1 saturated carbocycles. The molecule has 1 aliphatic carbocycles. The minimum atomic E-state index is -0.253. The van der Waals surface area contributed by atoms with Crippen LogP contribution in [0.3, 0.4) is 0 Å². The summed E-state index contributed by atoms with van der Waals surface area (Å²) >= 11 is 6.07. The van der Waals surface area contributed by atoms with Gasteiger partial charge in [0.05, 0.1) is 23.0 Å². The number of halogens is 1. The van der Waals surface area contributed by atoms with Crippen LogP contribution in [0, 0.1) is 5.53 Å². The first kappa shape index (κ1) is 17.9. The van der Waals surface area contributed by atoms with Gasteiger partial charge in [0, 0.05) is 11.6 Å². The Kier molecular flexibility index (Phi) is 5.09. The smallest absolute Gasteiger partial charge is 0.142 e. The maximum Gasteiger partial charge on any atom is 0.142 e. The van der Waals surface area contributed by atoms with Gasteiger partial charge in [0.1, 0.15) is 5.84 Å². The number of para-hydroxylation sites is 2. The number of hydrazine groups is 1. The molecule has 7 heteroatoms. The molecule has 1 heterocycles. The summed E-state index contributed by atoms with van der Waals surface area (Å²) in [7, 11) is 0. The van der Waals surface area contributed by atoms with E-state index >= 15 is 0 Å². The lowest BCUT2D eigenvalue weighted by atomic mass is 9.77. The van der Waals surface area contributed by atoms with Gasteiger partial charge in [-0.25, -0.2) is 15.9 Å². The van der Waals surface area contributed by atoms with Crippen molar-refractivity contribution in [1.29, 1.82) is 5.53 Å². The fraction of sp³-hybridized carbons (Fsp3) is 0.350. The molecular formula is C20H23ClN6. The van der Waals surface area contributed by atoms with Gasteiger partial charge in [0.15, 0.2) is 0 Å². The average molecular weight is 383 g/mol. The van der Waals surface area contributed by atoms with Crippen LogP contribution in [0.4, 0.5) is 11.4 Å². The molecule has 2 aliphatic rings. The standard InChI is InChI=1S/C20H23ClN6/c21-15-5-3-4-14(12-15)13-23-27-19-20(10-8-16(26-22)9-11-20)25-18-7-2-1-6-17(18)24-19/h1-7,12,16,22-23,25H,8-11,13H2,(H,24,27). The number of hydrogen-bond acceptors (Lipinski definition) is 6. The van der Waals surface area contributed by atoms with Gasteiger partial charge in [-0.15, -0.1) is 0 Å². The third kappa shape index (κ3) is 3.82. The summed E-state index contributed by atoms with van der Waals surface area (Å²) in [5.41, 5.74) is 16.8. The first-order valence-electron chi connectivity index (χ1n) is 9.25. The Labute approximate surface area is 163 Å². The van der Waals surface area contributed by atoms with Crippen LogP contribution < -0.4 is 16.2 Å². The van der Waals surface area contributed by atoms with Crippen molar-refractivity contribution in [2.45, 2.75) is 43.8 Å². The van der Waals surface area contributed by atoms with Crippen molar-refractivity contribution < 1.29 is 0 Å². The SMILES string of the molecule is N=NC1CCC2(CC1)Nc1ccccc1N=C2NNCc1cccc(Cl)c1. The van der Waals surface area contributed by atoms with Crippen molar-refractivity contribution in [2.24, 2.45) is 10.1 Å². The summed E-state index contributed by atoms with van der Waals surface area (Å²) in [6.45, 7) is 0.641. The van der Waals surface area contributed by atoms with Crippen LogP contribution in [-0.2, 0) is 6.54 Å². The van der Waals surface area contributed by atoms with E-state index in [0.717, 1.165) is 53.5 Å². The number of nitrogens with zero attached hydrogens (tertiary/aromatic N) is 2. The first-order chi connectivity index (χ1) is 13.2. The maximum atomic E-state index is 7.33. The normalized spacial score (nSPS) is 23.9. The highest BCUT2D eigenvalue weighted by Gasteiger charge is 2.42. The highest BCUT2D eigenvalue weighted by molar-refractivity contribution is 6.30. The number of aliphatic imine (C=N–C) groups is 1. The lowest BCUT2D eigenvalue weighted by Crippen LogP contribution is -2.58. The van der Waals surface area contributed by atoms with E-state index in [-0.39, 0.29) is 11.6 Å². The molecule has 2 aromatic carbocycles. The van der Waals surface area contributed by atoms with Gasteiger partial charge < -0.3 is 10.7 Å². The number of anilines is 1. The summed E-state index contributed by atoms with van der Waals surface area (Å²) in [6, 6.07) is 16.0. The van der Waals surface area contributed by atoms with E-state index in [0.29, 0.717) is 6.54 Å². The van der Waals surface area contributed by atoms with Crippen LogP contribution in [0.2, 0.25) is 5.02 Å². The predicted molar refractivity (Wildman–Crippen MR) is 109 cm³/mol. The van der Waals surface area contributed by atoms with E-state index < -0.39 is 0 Å². The zero-order valence-electron chi connectivity index (χ0n) is 15.0. The van der Waals surface area contributed by atoms with Crippen LogP contribution in [0.15, 0.2) is 58.6 Å². The molecule has 0 saturated heterocycles. The fourth-order valence-electron chi connectivity index (χ4n) is 3.83. The number of fused-ring (bicyclic) bond motifs is 1. The second-order valence-electron chi connectivity index (χ2n) is 7.15. The van der Waals surface area contributed by atoms with E-state index in [1.54, 1.807) is 0 Å². The summed E-state index contributed by atoms with van der Waals surface area (Å²) in [5, 5.41) is 8.18. The number of benzene rings is 2. The largest absolute Gasteiger partial charge is 0.371 e. The number of amidine groups is 1. The van der Waals surface area contributed by atoms with Crippen molar-refractivity contribution in [3.05, 3.63) is 59.1 Å². The zero-order chi connectivity index (χ0) is 18.7. The number of rotatable bonds is 4. The quantitative estimate of drug-likeness (QED) is 0.452. The second kappa shape index (κ2) is 7.66. The Morgan fingerprint density at radius 3 is 2.78 bits per heavy atom. The van der Waals surface area contributed by atoms with Gasteiger partial charge in [-0.2, -0.15) is 5.11 Å². The Morgan fingerprint density at radius 1 is 1.19 bits per heavy atom. The molecule has 140 valence electrons. The van der Waals surface area contributed by atoms with E-state index in [9.17, 15) is 0 Å². The van der Waals surface area contributed by atoms with Gasteiger partial charge in [-0.1, -0.05) is 35.9 Å². The monoisotopic (exact) mass is 382 g/mol. The van der Waals surface area contributed by atoms with Crippen molar-refractivity contribution in [2.75, 3.05) is 5.32 Å². The van der Waals surface area contributed by atoms with Crippen molar-refractivity contribution in [3.8, 4) is 0 Å². The van der Waals surface area contributed by atoms with E-state index in [1.807, 2.05) is 42.5 Å². The van der Waals surface area contributed by atoms with Crippen LogP contribution >= 0.6 is 11.6 Å². The zero-order valence-corrected chi connectivity index (χ0v) is 15.8. The fourth-order valence-corrected chi connectivity index (χ4v) is 4.04. The third-order valence-corrected chi connectivity index (χ3v) is 5.58. The van der Waals surface area contributed by atoms with Gasteiger partial charge >= 0.3 is 0 Å². The molecule has 27 heavy (non-hydrogen) atoms. The van der Waals surface area contributed by atoms with E-state index in [2.05, 4.69) is 27.3 Å². The Balaban J connectivity index is 1.53. The molecule has 1 spiro atoms. The molecule has 1 fully saturated rings. The van der Waals surface area contributed by atoms with Crippen molar-refractivity contribution >= 4 is 28.8 Å². The average Bonchev–Trinajstić information content (AvgIpc) is 2.69. The minimum absolute atomic E-state index is 0.121. The van der Waals surface area contributed by atoms with Crippen LogP contribution in [-0.4, -0.2) is 17.4 Å². The second-order valence-corrected chi connectivity index (χ2v) is 7.59. The van der Waals surface area contributed by atoms with Gasteiger partial charge in [-0.3, -0.25) is 0 Å². The topological polar surface area (TPSA) is 84.7 Å². The van der Waals surface area contributed by atoms with Crippen molar-refractivity contribution in [1.82, 2.24) is 10.9 Å². The van der Waals surface area contributed by atoms with Crippen molar-refractivity contribution in [3.63, 3.8) is 0 Å². The third-order valence-electron chi connectivity index (χ3n) is 5.34. The predicted octanol–water partition coefficient (Wildman–Crippen LogP) is 4.80. The van der Waals surface area contributed by atoms with Crippen LogP contribution in [0.25, 0.3) is 0 Å². The molecule has 0 amide bonds. The summed E-state index contributed by atoms with van der Waals surface area (Å²) in [4.78, 5) is 4.90. The lowest BCUT2D eigenvalue weighted by Gasteiger charge is -2.43. The Bertz CT molecular complexity index is 857. The molecule has 2 aromatic rings. The van der Waals surface area contributed by atoms with E-state index in [4.69, 9.17) is 22.1 Å². The molecule has 0 radical (unpaired) electrons. The minimum Gasteiger partial charge on any atom is -0.371 e. The molecule has 4 rings (SSSR count). The molecule has 0 atom stereocenters. The summed E-state index contributed by atoms with van der Waals surface area (Å²) in [5.74, 6) is 0.895. The van der Waals surface area contributed by atoms with E-state index in [1.165, 1.54) is 0 Å². The van der Waals surface area contributed by atoms with Gasteiger partial charge in [0.2, 0.25) is 0 Å². The molecule has 0 aromatic heterocycles. The maximum absolute atomic E-state index is 7.33. The molecule has 1 aliphatic heterocycles. The first-order valence-corrected chi connectivity index (χ1v) is 9.63. The molecule has 4 N–H and O–H groups in total. The lowest BCUT2D eigenvalue weighted by molar-refractivity contribution is 0.347. The van der Waals surface area contributed by atoms with Gasteiger partial charge in [-0.05, 0) is 55.5 Å². The highest BCUT2D eigenvalue weighted by atomic mass is 35.5. The Morgan fingerprint density at radius 2 is 2.00 bits per heavy atom. The van der Waals surface area contributed by atoms with Crippen LogP contribution in [0.5, 0.6) is 0 Å². The molecular weight excluding hydrogens is 360 g/mol. The molecule has 6 nitrogen and oxygen atoms in total. The number of hydrogen-bond donors (Lipinski definition) is 4.